The van der Waals surface area contributed by atoms with Gasteiger partial charge in [-0.3, -0.25) is 19.3 Å². The molecule has 1 aromatic rings. The quantitative estimate of drug-likeness (QED) is 0.470. The van der Waals surface area contributed by atoms with Crippen LogP contribution >= 0.6 is 0 Å². The number of esters is 1. The minimum Gasteiger partial charge on any atom is -0.454 e. The zero-order valence-electron chi connectivity index (χ0n) is 15.1. The number of hydrogen-bond acceptors (Lipinski definition) is 5. The van der Waals surface area contributed by atoms with Gasteiger partial charge in [0.05, 0.1) is 11.8 Å². The minimum absolute atomic E-state index is 0.0566. The largest absolute Gasteiger partial charge is 0.454 e. The summed E-state index contributed by atoms with van der Waals surface area (Å²) in [6.45, 7) is 0.850. The van der Waals surface area contributed by atoms with Gasteiger partial charge in [0.15, 0.2) is 6.61 Å². The van der Waals surface area contributed by atoms with E-state index in [0.29, 0.717) is 5.69 Å². The van der Waals surface area contributed by atoms with Gasteiger partial charge in [0.25, 0.3) is 5.91 Å². The molecular formula is C20H19FN2O5. The van der Waals surface area contributed by atoms with E-state index in [1.807, 2.05) is 12.2 Å². The summed E-state index contributed by atoms with van der Waals surface area (Å²) < 4.78 is 17.8. The number of nitrogens with zero attached hydrogens (tertiary/aromatic N) is 1. The molecule has 28 heavy (non-hydrogen) atoms. The Morgan fingerprint density at radius 3 is 2.29 bits per heavy atom. The van der Waals surface area contributed by atoms with E-state index in [4.69, 9.17) is 4.74 Å². The third-order valence-corrected chi connectivity index (χ3v) is 5.71. The van der Waals surface area contributed by atoms with Crippen LogP contribution in [0, 0.1) is 29.5 Å². The molecule has 1 aliphatic heterocycles. The Morgan fingerprint density at radius 1 is 1.14 bits per heavy atom. The van der Waals surface area contributed by atoms with Gasteiger partial charge in [0.2, 0.25) is 11.8 Å². The average molecular weight is 386 g/mol. The number of rotatable bonds is 5. The maximum Gasteiger partial charge on any atom is 0.329 e. The molecule has 8 heteroatoms. The van der Waals surface area contributed by atoms with Gasteiger partial charge in [-0.1, -0.05) is 12.2 Å². The van der Waals surface area contributed by atoms with Gasteiger partial charge in [0, 0.05) is 5.69 Å². The van der Waals surface area contributed by atoms with Gasteiger partial charge in [0.1, 0.15) is 11.9 Å². The first-order valence-electron chi connectivity index (χ1n) is 9.14. The van der Waals surface area contributed by atoms with Gasteiger partial charge < -0.3 is 10.1 Å². The second-order valence-corrected chi connectivity index (χ2v) is 7.39. The first-order valence-corrected chi connectivity index (χ1v) is 9.14. The van der Waals surface area contributed by atoms with E-state index in [2.05, 4.69) is 5.32 Å². The van der Waals surface area contributed by atoms with E-state index in [1.165, 1.54) is 31.2 Å². The second-order valence-electron chi connectivity index (χ2n) is 7.39. The molecule has 3 amide bonds. The highest BCUT2D eigenvalue weighted by molar-refractivity contribution is 6.09. The smallest absolute Gasteiger partial charge is 0.329 e. The van der Waals surface area contributed by atoms with Crippen LogP contribution in [-0.2, 0) is 23.9 Å². The molecule has 1 heterocycles. The lowest BCUT2D eigenvalue weighted by molar-refractivity contribution is -0.159. The van der Waals surface area contributed by atoms with Crippen molar-refractivity contribution < 1.29 is 28.3 Å². The normalized spacial score (nSPS) is 28.4. The number of nitrogens with one attached hydrogen (secondary N) is 1. The van der Waals surface area contributed by atoms with Crippen LogP contribution in [0.1, 0.15) is 13.3 Å². The van der Waals surface area contributed by atoms with Crippen LogP contribution in [0.5, 0.6) is 0 Å². The minimum atomic E-state index is -1.09. The second kappa shape index (κ2) is 6.85. The van der Waals surface area contributed by atoms with Gasteiger partial charge >= 0.3 is 5.97 Å². The van der Waals surface area contributed by atoms with Crippen LogP contribution < -0.4 is 5.32 Å². The van der Waals surface area contributed by atoms with Crippen molar-refractivity contribution in [3.63, 3.8) is 0 Å². The zero-order chi connectivity index (χ0) is 20.0. The number of likely N-dealkylation sites (tertiary alicyclic amines) is 1. The molecule has 1 N–H and O–H groups in total. The van der Waals surface area contributed by atoms with Gasteiger partial charge in [-0.15, -0.1) is 0 Å². The van der Waals surface area contributed by atoms with Crippen LogP contribution in [0.15, 0.2) is 36.4 Å². The molecule has 1 saturated heterocycles. The molecule has 1 aromatic carbocycles. The molecule has 3 aliphatic rings. The Bertz CT molecular complexity index is 851. The van der Waals surface area contributed by atoms with Crippen LogP contribution in [0.25, 0.3) is 0 Å². The number of halogens is 1. The summed E-state index contributed by atoms with van der Waals surface area (Å²) in [7, 11) is 0. The third-order valence-electron chi connectivity index (χ3n) is 5.71. The van der Waals surface area contributed by atoms with E-state index in [0.717, 1.165) is 11.3 Å². The molecule has 0 radical (unpaired) electrons. The fourth-order valence-electron chi connectivity index (χ4n) is 4.40. The van der Waals surface area contributed by atoms with E-state index in [1.54, 1.807) is 0 Å². The average Bonchev–Trinajstić information content (AvgIpc) is 3.35. The number of hydrogen-bond donors (Lipinski definition) is 1. The first kappa shape index (κ1) is 18.3. The summed E-state index contributed by atoms with van der Waals surface area (Å²) in [4.78, 5) is 50.6. The number of benzene rings is 1. The highest BCUT2D eigenvalue weighted by atomic mass is 19.1. The van der Waals surface area contributed by atoms with Crippen molar-refractivity contribution in [3.8, 4) is 0 Å². The van der Waals surface area contributed by atoms with Crippen molar-refractivity contribution in [3.05, 3.63) is 42.2 Å². The molecule has 7 nitrogen and oxygen atoms in total. The SMILES string of the molecule is C[C@H](C(=O)OCC(=O)Nc1ccc(F)cc1)N1C(=O)[C@H]2[C@H](C1=O)[C@H]1C=C[C@H]2C1. The molecule has 0 aromatic heterocycles. The van der Waals surface area contributed by atoms with Gasteiger partial charge in [-0.05, 0) is 49.4 Å². The number of anilines is 1. The van der Waals surface area contributed by atoms with Crippen molar-refractivity contribution in [1.82, 2.24) is 4.90 Å². The molecule has 146 valence electrons. The van der Waals surface area contributed by atoms with Crippen molar-refractivity contribution in [2.24, 2.45) is 23.7 Å². The first-order chi connectivity index (χ1) is 13.4. The maximum absolute atomic E-state index is 12.9. The molecule has 0 unspecified atom stereocenters. The predicted molar refractivity (Wildman–Crippen MR) is 95.0 cm³/mol. The Hall–Kier alpha value is -3.03. The summed E-state index contributed by atoms with van der Waals surface area (Å²) in [6, 6.07) is 4.03. The Labute approximate surface area is 160 Å². The summed E-state index contributed by atoms with van der Waals surface area (Å²) in [5.74, 6) is -3.21. The topological polar surface area (TPSA) is 92.8 Å². The van der Waals surface area contributed by atoms with Gasteiger partial charge in [-0.2, -0.15) is 0 Å². The lowest BCUT2D eigenvalue weighted by atomic mass is 9.85. The van der Waals surface area contributed by atoms with Crippen LogP contribution in [0.4, 0.5) is 10.1 Å². The molecule has 1 saturated carbocycles. The highest BCUT2D eigenvalue weighted by Gasteiger charge is 2.60. The highest BCUT2D eigenvalue weighted by Crippen LogP contribution is 2.52. The zero-order valence-corrected chi connectivity index (χ0v) is 15.1. The number of allylic oxidation sites excluding steroid dienone is 2. The summed E-state index contributed by atoms with van der Waals surface area (Å²) in [5, 5.41) is 2.46. The fourth-order valence-corrected chi connectivity index (χ4v) is 4.40. The molecule has 2 aliphatic carbocycles. The number of ether oxygens (including phenoxy) is 1. The van der Waals surface area contributed by atoms with Crippen molar-refractivity contribution in [2.45, 2.75) is 19.4 Å². The maximum atomic E-state index is 12.9. The molecular weight excluding hydrogens is 367 g/mol. The van der Waals surface area contributed by atoms with Crippen molar-refractivity contribution in [2.75, 3.05) is 11.9 Å². The monoisotopic (exact) mass is 386 g/mol. The van der Waals surface area contributed by atoms with E-state index < -0.39 is 30.3 Å². The number of imide groups is 1. The van der Waals surface area contributed by atoms with Crippen molar-refractivity contribution >= 4 is 29.4 Å². The standard InChI is InChI=1S/C20H19FN2O5/c1-10(20(27)28-9-15(24)22-14-6-4-13(21)5-7-14)23-18(25)16-11-2-3-12(8-11)17(16)19(23)26/h2-7,10-12,16-17H,8-9H2,1H3,(H,22,24)/t10-,11+,12+,16-,17-/m1/s1. The molecule has 0 spiro atoms. The van der Waals surface area contributed by atoms with Crippen molar-refractivity contribution in [1.29, 1.82) is 0 Å². The lowest BCUT2D eigenvalue weighted by Gasteiger charge is -2.23. The lowest BCUT2D eigenvalue weighted by Crippen LogP contribution is -2.45. The number of carbonyl (C=O) groups is 4. The Kier molecular flexibility index (Phi) is 4.49. The van der Waals surface area contributed by atoms with E-state index >= 15 is 0 Å². The Morgan fingerprint density at radius 2 is 1.71 bits per heavy atom. The van der Waals surface area contributed by atoms with Crippen LogP contribution in [0.3, 0.4) is 0 Å². The Balaban J connectivity index is 1.34. The number of fused-ring (bicyclic) bond motifs is 5. The number of amides is 3. The molecule has 2 fully saturated rings. The third kappa shape index (κ3) is 2.98. The summed E-state index contributed by atoms with van der Waals surface area (Å²) in [5.41, 5.74) is 0.358. The van der Waals surface area contributed by atoms with E-state index in [-0.39, 0.29) is 35.5 Å². The van der Waals surface area contributed by atoms with E-state index in [9.17, 15) is 23.6 Å². The fraction of sp³-hybridized carbons (Fsp3) is 0.400. The van der Waals surface area contributed by atoms with Crippen LogP contribution in [-0.4, -0.2) is 41.2 Å². The van der Waals surface area contributed by atoms with Crippen LogP contribution in [0.2, 0.25) is 0 Å². The number of carbonyl (C=O) groups excluding carboxylic acids is 4. The molecule has 4 rings (SSSR count). The van der Waals surface area contributed by atoms with Gasteiger partial charge in [-0.25, -0.2) is 9.18 Å². The molecule has 5 atom stereocenters. The summed E-state index contributed by atoms with van der Waals surface area (Å²) in [6.07, 6.45) is 4.76. The predicted octanol–water partition coefficient (Wildman–Crippen LogP) is 1.50. The summed E-state index contributed by atoms with van der Waals surface area (Å²) >= 11 is 0. The molecule has 2 bridgehead atoms.